The Balaban J connectivity index is 1.96. The van der Waals surface area contributed by atoms with Crippen LogP contribution in [0.15, 0.2) is 59.0 Å². The zero-order valence-corrected chi connectivity index (χ0v) is 12.9. The van der Waals surface area contributed by atoms with Gasteiger partial charge in [-0.1, -0.05) is 0 Å². The predicted octanol–water partition coefficient (Wildman–Crippen LogP) is 3.08. The van der Waals surface area contributed by atoms with Crippen molar-refractivity contribution >= 4 is 11.8 Å². The second kappa shape index (κ2) is 6.48. The van der Waals surface area contributed by atoms with Crippen LogP contribution in [0.4, 0.5) is 4.39 Å². The number of primary amides is 2. The molecule has 0 aliphatic heterocycles. The summed E-state index contributed by atoms with van der Waals surface area (Å²) in [6.45, 7) is 0. The zero-order chi connectivity index (χ0) is 18.0. The number of carbonyl (C=O) groups is 2. The smallest absolute Gasteiger partial charge is 0.284 e. The van der Waals surface area contributed by atoms with Crippen molar-refractivity contribution in [2.45, 2.75) is 0 Å². The average molecular weight is 340 g/mol. The van der Waals surface area contributed by atoms with Gasteiger partial charge in [0.1, 0.15) is 23.1 Å². The second-order valence-corrected chi connectivity index (χ2v) is 5.16. The van der Waals surface area contributed by atoms with Crippen molar-refractivity contribution in [3.63, 3.8) is 0 Å². The molecule has 1 heterocycles. The summed E-state index contributed by atoms with van der Waals surface area (Å²) < 4.78 is 23.9. The first-order valence-electron chi connectivity index (χ1n) is 7.21. The van der Waals surface area contributed by atoms with Crippen LogP contribution in [0.5, 0.6) is 11.5 Å². The van der Waals surface area contributed by atoms with Gasteiger partial charge in [-0.2, -0.15) is 0 Å². The van der Waals surface area contributed by atoms with Gasteiger partial charge in [0, 0.05) is 5.56 Å². The number of carbonyl (C=O) groups excluding carboxylic acids is 2. The van der Waals surface area contributed by atoms with Crippen molar-refractivity contribution in [3.05, 3.63) is 71.7 Å². The van der Waals surface area contributed by atoms with Gasteiger partial charge in [0.25, 0.3) is 11.8 Å². The fraction of sp³-hybridized carbons (Fsp3) is 0. The molecule has 2 aromatic carbocycles. The summed E-state index contributed by atoms with van der Waals surface area (Å²) in [6.07, 6.45) is 0. The number of furan rings is 1. The Morgan fingerprint density at radius 2 is 1.64 bits per heavy atom. The second-order valence-electron chi connectivity index (χ2n) is 5.16. The van der Waals surface area contributed by atoms with Gasteiger partial charge in [-0.15, -0.1) is 0 Å². The minimum Gasteiger partial charge on any atom is -0.457 e. The van der Waals surface area contributed by atoms with Crippen LogP contribution >= 0.6 is 0 Å². The van der Waals surface area contributed by atoms with Crippen molar-refractivity contribution in [2.75, 3.05) is 0 Å². The molecule has 0 radical (unpaired) electrons. The summed E-state index contributed by atoms with van der Waals surface area (Å²) in [7, 11) is 0. The minimum absolute atomic E-state index is 0.00210. The van der Waals surface area contributed by atoms with Crippen LogP contribution in [0.3, 0.4) is 0 Å². The van der Waals surface area contributed by atoms with Crippen LogP contribution in [-0.2, 0) is 0 Å². The van der Waals surface area contributed by atoms with E-state index in [9.17, 15) is 14.0 Å². The Kier molecular flexibility index (Phi) is 4.21. The predicted molar refractivity (Wildman–Crippen MR) is 87.7 cm³/mol. The van der Waals surface area contributed by atoms with Gasteiger partial charge in [-0.25, -0.2) is 4.39 Å². The van der Waals surface area contributed by atoms with Crippen molar-refractivity contribution in [1.82, 2.24) is 0 Å². The fourth-order valence-corrected chi connectivity index (χ4v) is 2.22. The molecule has 0 atom stereocenters. The van der Waals surface area contributed by atoms with E-state index in [1.807, 2.05) is 0 Å². The fourth-order valence-electron chi connectivity index (χ4n) is 2.22. The highest BCUT2D eigenvalue weighted by molar-refractivity contribution is 5.97. The first kappa shape index (κ1) is 16.3. The molecule has 0 saturated carbocycles. The van der Waals surface area contributed by atoms with Gasteiger partial charge in [0.05, 0.1) is 5.56 Å². The molecule has 0 unspecified atom stereocenters. The summed E-state index contributed by atoms with van der Waals surface area (Å²) in [5.41, 5.74) is 11.2. The van der Waals surface area contributed by atoms with E-state index in [0.29, 0.717) is 17.1 Å². The van der Waals surface area contributed by atoms with Gasteiger partial charge in [0.2, 0.25) is 0 Å². The molecule has 7 heteroatoms. The van der Waals surface area contributed by atoms with E-state index >= 15 is 0 Å². The highest BCUT2D eigenvalue weighted by Crippen LogP contribution is 2.31. The van der Waals surface area contributed by atoms with Gasteiger partial charge in [0.15, 0.2) is 5.76 Å². The molecule has 1 aromatic heterocycles. The zero-order valence-electron chi connectivity index (χ0n) is 12.9. The normalized spacial score (nSPS) is 10.4. The summed E-state index contributed by atoms with van der Waals surface area (Å²) in [5.74, 6) is -0.888. The molecule has 3 rings (SSSR count). The Labute approximate surface area is 141 Å². The molecule has 0 bridgehead atoms. The van der Waals surface area contributed by atoms with E-state index in [1.54, 1.807) is 12.1 Å². The van der Waals surface area contributed by atoms with Crippen LogP contribution in [0.2, 0.25) is 0 Å². The molecule has 0 aliphatic rings. The van der Waals surface area contributed by atoms with Gasteiger partial charge in [-0.3, -0.25) is 9.59 Å². The van der Waals surface area contributed by atoms with Gasteiger partial charge < -0.3 is 20.6 Å². The molecule has 6 nitrogen and oxygen atoms in total. The molecule has 25 heavy (non-hydrogen) atoms. The first-order chi connectivity index (χ1) is 11.9. The largest absolute Gasteiger partial charge is 0.457 e. The molecular weight excluding hydrogens is 327 g/mol. The number of rotatable bonds is 5. The standard InChI is InChI=1S/C18H13FN2O4/c19-11-2-4-12(5-3-11)24-15-6-1-10(9-13(15)17(20)22)14-7-8-16(25-14)18(21)23/h1-9H,(H2,20,22)(H2,21,23). The molecular formula is C18H13FN2O4. The van der Waals surface area contributed by atoms with E-state index in [-0.39, 0.29) is 17.1 Å². The Morgan fingerprint density at radius 3 is 2.24 bits per heavy atom. The van der Waals surface area contributed by atoms with Crippen LogP contribution in [-0.4, -0.2) is 11.8 Å². The lowest BCUT2D eigenvalue weighted by molar-refractivity contribution is 0.0971. The molecule has 3 aromatic rings. The Morgan fingerprint density at radius 1 is 0.920 bits per heavy atom. The summed E-state index contributed by atoms with van der Waals surface area (Å²) in [4.78, 5) is 22.9. The number of hydrogen-bond acceptors (Lipinski definition) is 4. The number of halogens is 1. The monoisotopic (exact) mass is 340 g/mol. The van der Waals surface area contributed by atoms with Crippen LogP contribution in [0.1, 0.15) is 20.9 Å². The Bertz CT molecular complexity index is 948. The van der Waals surface area contributed by atoms with Gasteiger partial charge >= 0.3 is 0 Å². The average Bonchev–Trinajstić information content (AvgIpc) is 3.07. The molecule has 0 spiro atoms. The topological polar surface area (TPSA) is 109 Å². The molecule has 126 valence electrons. The maximum Gasteiger partial charge on any atom is 0.284 e. The van der Waals surface area contributed by atoms with E-state index in [1.165, 1.54) is 42.5 Å². The number of ether oxygens (including phenoxy) is 1. The van der Waals surface area contributed by atoms with Crippen molar-refractivity contribution in [3.8, 4) is 22.8 Å². The lowest BCUT2D eigenvalue weighted by atomic mass is 10.1. The van der Waals surface area contributed by atoms with E-state index < -0.39 is 17.6 Å². The van der Waals surface area contributed by atoms with E-state index in [0.717, 1.165) is 0 Å². The quantitative estimate of drug-likeness (QED) is 0.744. The molecule has 0 fully saturated rings. The maximum atomic E-state index is 13.0. The third-order valence-corrected chi connectivity index (χ3v) is 3.42. The summed E-state index contributed by atoms with van der Waals surface area (Å²) in [5, 5.41) is 0. The highest BCUT2D eigenvalue weighted by atomic mass is 19.1. The van der Waals surface area contributed by atoms with Gasteiger partial charge in [-0.05, 0) is 54.6 Å². The van der Waals surface area contributed by atoms with E-state index in [2.05, 4.69) is 0 Å². The lowest BCUT2D eigenvalue weighted by Gasteiger charge is -2.10. The SMILES string of the molecule is NC(=O)c1ccc(-c2ccc(Oc3ccc(F)cc3)c(C(N)=O)c2)o1. The van der Waals surface area contributed by atoms with Crippen LogP contribution in [0.25, 0.3) is 11.3 Å². The summed E-state index contributed by atoms with van der Waals surface area (Å²) in [6, 6.07) is 13.0. The van der Waals surface area contributed by atoms with Crippen molar-refractivity contribution < 1.29 is 23.1 Å². The van der Waals surface area contributed by atoms with Crippen molar-refractivity contribution in [2.24, 2.45) is 11.5 Å². The van der Waals surface area contributed by atoms with E-state index in [4.69, 9.17) is 20.6 Å². The number of amides is 2. The summed E-state index contributed by atoms with van der Waals surface area (Å²) >= 11 is 0. The Hall–Kier alpha value is -3.61. The van der Waals surface area contributed by atoms with Crippen molar-refractivity contribution in [1.29, 1.82) is 0 Å². The molecule has 2 amide bonds. The number of nitrogens with two attached hydrogens (primary N) is 2. The van der Waals surface area contributed by atoms with Crippen LogP contribution in [0, 0.1) is 5.82 Å². The third-order valence-electron chi connectivity index (χ3n) is 3.42. The molecule has 0 saturated heterocycles. The number of benzene rings is 2. The van der Waals surface area contributed by atoms with Crippen LogP contribution < -0.4 is 16.2 Å². The lowest BCUT2D eigenvalue weighted by Crippen LogP contribution is -2.12. The minimum atomic E-state index is -0.708. The molecule has 4 N–H and O–H groups in total. The third kappa shape index (κ3) is 3.50. The maximum absolute atomic E-state index is 13.0. The highest BCUT2D eigenvalue weighted by Gasteiger charge is 2.15. The first-order valence-corrected chi connectivity index (χ1v) is 7.21. The molecule has 0 aliphatic carbocycles. The number of hydrogen-bond donors (Lipinski definition) is 2.